The fourth-order valence-corrected chi connectivity index (χ4v) is 4.66. The molecule has 33 heavy (non-hydrogen) atoms. The quantitative estimate of drug-likeness (QED) is 0.595. The van der Waals surface area contributed by atoms with Crippen LogP contribution >= 0.6 is 0 Å². The van der Waals surface area contributed by atoms with Gasteiger partial charge in [0.1, 0.15) is 6.61 Å². The molecule has 1 saturated heterocycles. The van der Waals surface area contributed by atoms with Crippen molar-refractivity contribution in [2.75, 3.05) is 26.2 Å². The van der Waals surface area contributed by atoms with Crippen molar-refractivity contribution < 1.29 is 29.3 Å². The summed E-state index contributed by atoms with van der Waals surface area (Å²) in [7, 11) is 0. The number of fused-ring (bicyclic) bond motifs is 3. The predicted octanol–water partition coefficient (Wildman–Crippen LogP) is 2.60. The Kier molecular flexibility index (Phi) is 6.93. The van der Waals surface area contributed by atoms with Crippen molar-refractivity contribution in [1.29, 1.82) is 0 Å². The summed E-state index contributed by atoms with van der Waals surface area (Å²) in [6.07, 6.45) is -0.756. The Labute approximate surface area is 192 Å². The molecule has 3 N–H and O–H groups in total. The Hall–Kier alpha value is -3.39. The Morgan fingerprint density at radius 1 is 1.06 bits per heavy atom. The van der Waals surface area contributed by atoms with E-state index in [1.54, 1.807) is 0 Å². The zero-order valence-corrected chi connectivity index (χ0v) is 18.3. The molecule has 2 atom stereocenters. The minimum Gasteiger partial charge on any atom is -0.481 e. The van der Waals surface area contributed by atoms with Crippen molar-refractivity contribution >= 4 is 18.0 Å². The molecule has 4 rings (SSSR count). The summed E-state index contributed by atoms with van der Waals surface area (Å²) in [5.74, 6) is -1.86. The van der Waals surface area contributed by atoms with Gasteiger partial charge in [-0.05, 0) is 35.1 Å². The smallest absolute Gasteiger partial charge is 0.407 e. The highest BCUT2D eigenvalue weighted by Crippen LogP contribution is 2.44. The van der Waals surface area contributed by atoms with Crippen LogP contribution in [0, 0.1) is 5.92 Å². The average molecular weight is 453 g/mol. The number of carboxylic acid groups (broad SMARTS) is 1. The molecule has 1 aliphatic carbocycles. The molecule has 1 heterocycles. The first-order valence-electron chi connectivity index (χ1n) is 11.2. The average Bonchev–Trinajstić information content (AvgIpc) is 3.15. The third-order valence-electron chi connectivity index (χ3n) is 6.36. The third-order valence-corrected chi connectivity index (χ3v) is 6.36. The van der Waals surface area contributed by atoms with Gasteiger partial charge in [-0.3, -0.25) is 9.59 Å². The number of benzene rings is 2. The number of carbonyl (C=O) groups excluding carboxylic acids is 2. The molecule has 8 heteroatoms. The molecule has 2 aromatic carbocycles. The highest BCUT2D eigenvalue weighted by molar-refractivity contribution is 5.79. The van der Waals surface area contributed by atoms with E-state index in [9.17, 15) is 19.5 Å². The number of alkyl carbamates (subject to hydrolysis) is 1. The number of nitrogens with one attached hydrogen (secondary N) is 1. The van der Waals surface area contributed by atoms with Crippen molar-refractivity contribution in [3.8, 4) is 11.1 Å². The highest BCUT2D eigenvalue weighted by atomic mass is 16.5. The molecule has 0 spiro atoms. The van der Waals surface area contributed by atoms with Gasteiger partial charge < -0.3 is 25.2 Å². The summed E-state index contributed by atoms with van der Waals surface area (Å²) in [6.45, 7) is 0.674. The van der Waals surface area contributed by atoms with Crippen LogP contribution in [0.5, 0.6) is 0 Å². The number of carboxylic acids is 1. The first-order chi connectivity index (χ1) is 15.9. The van der Waals surface area contributed by atoms with Gasteiger partial charge in [-0.2, -0.15) is 0 Å². The number of hydrogen-bond acceptors (Lipinski definition) is 5. The lowest BCUT2D eigenvalue weighted by molar-refractivity contribution is -0.146. The fourth-order valence-electron chi connectivity index (χ4n) is 4.66. The van der Waals surface area contributed by atoms with Crippen LogP contribution in [0.25, 0.3) is 11.1 Å². The number of aliphatic carboxylic acids is 1. The van der Waals surface area contributed by atoms with Crippen molar-refractivity contribution in [3.05, 3.63) is 59.7 Å². The summed E-state index contributed by atoms with van der Waals surface area (Å²) in [6, 6.07) is 16.1. The van der Waals surface area contributed by atoms with Crippen LogP contribution in [-0.4, -0.2) is 65.4 Å². The fraction of sp³-hybridized carbons (Fsp3) is 0.400. The maximum Gasteiger partial charge on any atom is 0.407 e. The number of aliphatic hydroxyl groups is 1. The first kappa shape index (κ1) is 22.8. The van der Waals surface area contributed by atoms with Gasteiger partial charge in [-0.15, -0.1) is 0 Å². The van der Waals surface area contributed by atoms with Crippen molar-refractivity contribution in [2.45, 2.75) is 31.3 Å². The lowest BCUT2D eigenvalue weighted by Crippen LogP contribution is -2.44. The minimum absolute atomic E-state index is 0.0593. The van der Waals surface area contributed by atoms with E-state index in [-0.39, 0.29) is 37.9 Å². The van der Waals surface area contributed by atoms with Crippen LogP contribution < -0.4 is 5.32 Å². The van der Waals surface area contributed by atoms with Crippen LogP contribution in [-0.2, 0) is 14.3 Å². The van der Waals surface area contributed by atoms with E-state index in [1.807, 2.05) is 36.4 Å². The van der Waals surface area contributed by atoms with E-state index in [0.29, 0.717) is 19.4 Å². The van der Waals surface area contributed by atoms with E-state index in [4.69, 9.17) is 9.84 Å². The second-order valence-corrected chi connectivity index (χ2v) is 8.58. The van der Waals surface area contributed by atoms with Crippen LogP contribution in [0.3, 0.4) is 0 Å². The summed E-state index contributed by atoms with van der Waals surface area (Å²) in [4.78, 5) is 37.2. The van der Waals surface area contributed by atoms with E-state index >= 15 is 0 Å². The highest BCUT2D eigenvalue weighted by Gasteiger charge is 2.30. The minimum atomic E-state index is -1.08. The van der Waals surface area contributed by atoms with Gasteiger partial charge in [0.15, 0.2) is 0 Å². The van der Waals surface area contributed by atoms with Crippen LogP contribution in [0.1, 0.15) is 36.3 Å². The molecule has 0 radical (unpaired) electrons. The van der Waals surface area contributed by atoms with Gasteiger partial charge >= 0.3 is 12.1 Å². The number of nitrogens with zero attached hydrogens (tertiary/aromatic N) is 1. The summed E-state index contributed by atoms with van der Waals surface area (Å²) in [5.41, 5.74) is 4.49. The number of carbonyl (C=O) groups is 3. The van der Waals surface area contributed by atoms with Crippen LogP contribution in [0.2, 0.25) is 0 Å². The Morgan fingerprint density at radius 2 is 1.70 bits per heavy atom. The molecule has 174 valence electrons. The number of hydrogen-bond donors (Lipinski definition) is 3. The number of ether oxygens (including phenoxy) is 1. The van der Waals surface area contributed by atoms with Gasteiger partial charge in [0, 0.05) is 25.6 Å². The number of piperidine rings is 1. The molecule has 0 bridgehead atoms. The molecule has 1 fully saturated rings. The van der Waals surface area contributed by atoms with Gasteiger partial charge in [0.25, 0.3) is 0 Å². The van der Waals surface area contributed by atoms with Crippen molar-refractivity contribution in [2.24, 2.45) is 5.92 Å². The zero-order chi connectivity index (χ0) is 23.4. The van der Waals surface area contributed by atoms with E-state index < -0.39 is 24.1 Å². The topological polar surface area (TPSA) is 116 Å². The molecule has 8 nitrogen and oxygen atoms in total. The van der Waals surface area contributed by atoms with Gasteiger partial charge in [0.05, 0.1) is 18.4 Å². The molecule has 2 amide bonds. The molecular weight excluding hydrogens is 424 g/mol. The summed E-state index contributed by atoms with van der Waals surface area (Å²) >= 11 is 0. The van der Waals surface area contributed by atoms with E-state index in [0.717, 1.165) is 22.3 Å². The van der Waals surface area contributed by atoms with Gasteiger partial charge in [-0.1, -0.05) is 48.5 Å². The standard InChI is InChI=1S/C25H28N2O6/c28-17(12-23(29)27-11-5-6-16(14-27)24(30)31)13-26-25(32)33-15-22-20-9-3-1-7-18(20)19-8-2-4-10-21(19)22/h1-4,7-10,16-17,22,28H,5-6,11-15H2,(H,26,32)(H,30,31)/t16-,17?/m0/s1. The van der Waals surface area contributed by atoms with E-state index in [1.165, 1.54) is 4.90 Å². The van der Waals surface area contributed by atoms with Gasteiger partial charge in [0.2, 0.25) is 5.91 Å². The van der Waals surface area contributed by atoms with E-state index in [2.05, 4.69) is 17.4 Å². The normalized spacial score (nSPS) is 18.2. The van der Waals surface area contributed by atoms with Crippen molar-refractivity contribution in [1.82, 2.24) is 10.2 Å². The largest absolute Gasteiger partial charge is 0.481 e. The molecule has 0 aromatic heterocycles. The summed E-state index contributed by atoms with van der Waals surface area (Å²) < 4.78 is 5.43. The second kappa shape index (κ2) is 10.0. The number of rotatable bonds is 7. The van der Waals surface area contributed by atoms with Crippen LogP contribution in [0.4, 0.5) is 4.79 Å². The Morgan fingerprint density at radius 3 is 2.33 bits per heavy atom. The Balaban J connectivity index is 1.25. The van der Waals surface area contributed by atoms with Crippen LogP contribution in [0.15, 0.2) is 48.5 Å². The summed E-state index contributed by atoms with van der Waals surface area (Å²) in [5, 5.41) is 21.8. The number of likely N-dealkylation sites (tertiary alicyclic amines) is 1. The molecule has 0 saturated carbocycles. The Bertz CT molecular complexity index is 994. The zero-order valence-electron chi connectivity index (χ0n) is 18.3. The van der Waals surface area contributed by atoms with Gasteiger partial charge in [-0.25, -0.2) is 4.79 Å². The lowest BCUT2D eigenvalue weighted by Gasteiger charge is -2.31. The molecule has 1 aliphatic heterocycles. The number of amides is 2. The molecule has 2 aromatic rings. The maximum absolute atomic E-state index is 12.4. The molecule has 2 aliphatic rings. The SMILES string of the molecule is O=C(NCC(O)CC(=O)N1CCC[C@H](C(=O)O)C1)OCC1c2ccccc2-c2ccccc21. The number of aliphatic hydroxyl groups excluding tert-OH is 1. The molecule has 1 unspecified atom stereocenters. The lowest BCUT2D eigenvalue weighted by atomic mass is 9.98. The predicted molar refractivity (Wildman–Crippen MR) is 121 cm³/mol. The third kappa shape index (κ3) is 5.17. The first-order valence-corrected chi connectivity index (χ1v) is 11.2. The second-order valence-electron chi connectivity index (χ2n) is 8.58. The maximum atomic E-state index is 12.4. The molecular formula is C25H28N2O6. The monoisotopic (exact) mass is 452 g/mol. The van der Waals surface area contributed by atoms with Crippen molar-refractivity contribution in [3.63, 3.8) is 0 Å².